The lowest BCUT2D eigenvalue weighted by Crippen LogP contribution is -2.42. The summed E-state index contributed by atoms with van der Waals surface area (Å²) in [5.74, 6) is 0.240. The Morgan fingerprint density at radius 3 is 2.35 bits per heavy atom. The van der Waals surface area contributed by atoms with Crippen molar-refractivity contribution < 1.29 is 19.1 Å². The number of nitrogens with one attached hydrogen (secondary N) is 1. The summed E-state index contributed by atoms with van der Waals surface area (Å²) in [6.07, 6.45) is 2.67. The molecular weight excluding hydrogens is 330 g/mol. The predicted molar refractivity (Wildman–Crippen MR) is 102 cm³/mol. The van der Waals surface area contributed by atoms with Crippen LogP contribution in [0.2, 0.25) is 0 Å². The van der Waals surface area contributed by atoms with Crippen molar-refractivity contribution in [1.29, 1.82) is 0 Å². The van der Waals surface area contributed by atoms with E-state index >= 15 is 0 Å². The van der Waals surface area contributed by atoms with Crippen LogP contribution in [0.15, 0.2) is 30.3 Å². The van der Waals surface area contributed by atoms with Crippen molar-refractivity contribution in [1.82, 2.24) is 5.32 Å². The first kappa shape index (κ1) is 21.9. The van der Waals surface area contributed by atoms with Crippen LogP contribution >= 0.6 is 0 Å². The summed E-state index contributed by atoms with van der Waals surface area (Å²) in [6.45, 7) is 6.17. The van der Waals surface area contributed by atoms with E-state index < -0.39 is 12.1 Å². The van der Waals surface area contributed by atoms with E-state index in [9.17, 15) is 14.4 Å². The van der Waals surface area contributed by atoms with Crippen molar-refractivity contribution in [3.63, 3.8) is 0 Å². The summed E-state index contributed by atoms with van der Waals surface area (Å²) in [5, 5.41) is 2.66. The van der Waals surface area contributed by atoms with Crippen molar-refractivity contribution in [2.45, 2.75) is 71.9 Å². The standard InChI is InChI=1S/C21H31NO4/c1-4-5-11-18(23)12-13-20(24)19(14-16(2)3)22-21(25)26-15-17-9-7-6-8-10-17/h6-10,16,19H,4-5,11-15H2,1-3H3,(H,22,25)/t19-/m0/s1. The third-order valence-electron chi connectivity index (χ3n) is 4.06. The molecule has 1 aromatic carbocycles. The van der Waals surface area contributed by atoms with Gasteiger partial charge in [0.1, 0.15) is 12.4 Å². The first-order valence-corrected chi connectivity index (χ1v) is 9.44. The molecule has 1 rings (SSSR count). The largest absolute Gasteiger partial charge is 0.445 e. The molecule has 1 amide bonds. The number of Topliss-reactive ketones (excluding diaryl/α,β-unsaturated/α-hetero) is 2. The maximum Gasteiger partial charge on any atom is 0.408 e. The third-order valence-corrected chi connectivity index (χ3v) is 4.06. The number of hydrogen-bond acceptors (Lipinski definition) is 4. The first-order valence-electron chi connectivity index (χ1n) is 9.44. The van der Waals surface area contributed by atoms with Crippen LogP contribution in [-0.4, -0.2) is 23.7 Å². The molecule has 0 bridgehead atoms. The topological polar surface area (TPSA) is 72.5 Å². The number of carbonyl (C=O) groups is 3. The maximum atomic E-state index is 12.4. The lowest BCUT2D eigenvalue weighted by Gasteiger charge is -2.19. The van der Waals surface area contributed by atoms with E-state index in [1.54, 1.807) is 0 Å². The van der Waals surface area contributed by atoms with Crippen molar-refractivity contribution in [2.75, 3.05) is 0 Å². The summed E-state index contributed by atoms with van der Waals surface area (Å²) in [5.41, 5.74) is 0.885. The van der Waals surface area contributed by atoms with Gasteiger partial charge in [-0.1, -0.05) is 57.5 Å². The minimum absolute atomic E-state index is 0.107. The third kappa shape index (κ3) is 9.35. The molecule has 0 spiro atoms. The number of unbranched alkanes of at least 4 members (excludes halogenated alkanes) is 1. The summed E-state index contributed by atoms with van der Waals surface area (Å²) in [6, 6.07) is 8.76. The molecule has 5 heteroatoms. The highest BCUT2D eigenvalue weighted by atomic mass is 16.5. The van der Waals surface area contributed by atoms with Crippen LogP contribution in [-0.2, 0) is 20.9 Å². The van der Waals surface area contributed by atoms with Gasteiger partial charge < -0.3 is 10.1 Å². The van der Waals surface area contributed by atoms with Gasteiger partial charge >= 0.3 is 6.09 Å². The minimum atomic E-state index is -0.614. The molecule has 144 valence electrons. The van der Waals surface area contributed by atoms with E-state index in [1.807, 2.05) is 51.1 Å². The van der Waals surface area contributed by atoms with Gasteiger partial charge in [-0.25, -0.2) is 4.79 Å². The van der Waals surface area contributed by atoms with Crippen LogP contribution < -0.4 is 5.32 Å². The Bertz CT molecular complexity index is 569. The molecule has 1 N–H and O–H groups in total. The van der Waals surface area contributed by atoms with Crippen LogP contribution in [0.3, 0.4) is 0 Å². The zero-order chi connectivity index (χ0) is 19.4. The van der Waals surface area contributed by atoms with E-state index in [0.29, 0.717) is 12.8 Å². The molecular formula is C21H31NO4. The van der Waals surface area contributed by atoms with Gasteiger partial charge in [0.05, 0.1) is 6.04 Å². The molecule has 0 saturated heterocycles. The molecule has 0 aliphatic carbocycles. The lowest BCUT2D eigenvalue weighted by atomic mass is 9.96. The average molecular weight is 361 g/mol. The minimum Gasteiger partial charge on any atom is -0.445 e. The smallest absolute Gasteiger partial charge is 0.408 e. The summed E-state index contributed by atoms with van der Waals surface area (Å²) < 4.78 is 5.20. The molecule has 0 radical (unpaired) electrons. The van der Waals surface area contributed by atoms with E-state index in [2.05, 4.69) is 5.32 Å². The highest BCUT2D eigenvalue weighted by Gasteiger charge is 2.23. The Kier molecular flexibility index (Phi) is 10.3. The van der Waals surface area contributed by atoms with Crippen LogP contribution in [0.5, 0.6) is 0 Å². The monoisotopic (exact) mass is 361 g/mol. The van der Waals surface area contributed by atoms with Crippen molar-refractivity contribution in [2.24, 2.45) is 5.92 Å². The second-order valence-electron chi connectivity index (χ2n) is 7.00. The molecule has 0 aromatic heterocycles. The number of ketones is 2. The Morgan fingerprint density at radius 2 is 1.73 bits per heavy atom. The normalized spacial score (nSPS) is 11.8. The average Bonchev–Trinajstić information content (AvgIpc) is 2.62. The summed E-state index contributed by atoms with van der Waals surface area (Å²) >= 11 is 0. The fourth-order valence-corrected chi connectivity index (χ4v) is 2.59. The Balaban J connectivity index is 2.49. The van der Waals surface area contributed by atoms with Gasteiger partial charge in [0.25, 0.3) is 0 Å². The Morgan fingerprint density at radius 1 is 1.04 bits per heavy atom. The lowest BCUT2D eigenvalue weighted by molar-refractivity contribution is -0.125. The fourth-order valence-electron chi connectivity index (χ4n) is 2.59. The van der Waals surface area contributed by atoms with Crippen LogP contribution in [0.4, 0.5) is 4.79 Å². The number of amides is 1. The number of benzene rings is 1. The number of ether oxygens (including phenoxy) is 1. The van der Waals surface area contributed by atoms with Gasteiger partial charge in [-0.05, 0) is 24.3 Å². The molecule has 0 fully saturated rings. The number of rotatable bonds is 12. The van der Waals surface area contributed by atoms with E-state index in [-0.39, 0.29) is 36.9 Å². The molecule has 0 unspecified atom stereocenters. The Labute approximate surface area is 156 Å². The van der Waals surface area contributed by atoms with Gasteiger partial charge in [0, 0.05) is 19.3 Å². The molecule has 1 aromatic rings. The second-order valence-corrected chi connectivity index (χ2v) is 7.00. The quantitative estimate of drug-likeness (QED) is 0.597. The fraction of sp³-hybridized carbons (Fsp3) is 0.571. The van der Waals surface area contributed by atoms with Crippen molar-refractivity contribution in [3.8, 4) is 0 Å². The number of alkyl carbamates (subject to hydrolysis) is 1. The van der Waals surface area contributed by atoms with Gasteiger partial charge in [-0.3, -0.25) is 9.59 Å². The summed E-state index contributed by atoms with van der Waals surface area (Å²) in [4.78, 5) is 36.3. The number of hydrogen-bond donors (Lipinski definition) is 1. The van der Waals surface area contributed by atoms with Gasteiger partial charge in [0.2, 0.25) is 0 Å². The number of carbonyl (C=O) groups excluding carboxylic acids is 3. The highest BCUT2D eigenvalue weighted by Crippen LogP contribution is 2.11. The van der Waals surface area contributed by atoms with Crippen LogP contribution in [0.25, 0.3) is 0 Å². The highest BCUT2D eigenvalue weighted by molar-refractivity contribution is 5.90. The van der Waals surface area contributed by atoms with Crippen molar-refractivity contribution >= 4 is 17.7 Å². The second kappa shape index (κ2) is 12.2. The molecule has 1 atom stereocenters. The van der Waals surface area contributed by atoms with E-state index in [0.717, 1.165) is 18.4 Å². The van der Waals surface area contributed by atoms with Crippen LogP contribution in [0, 0.1) is 5.92 Å². The van der Waals surface area contributed by atoms with Gasteiger partial charge in [0.15, 0.2) is 5.78 Å². The van der Waals surface area contributed by atoms with E-state index in [4.69, 9.17) is 4.74 Å². The molecule has 0 aliphatic rings. The SMILES string of the molecule is CCCCC(=O)CCC(=O)[C@H](CC(C)C)NC(=O)OCc1ccccc1. The molecule has 26 heavy (non-hydrogen) atoms. The van der Waals surface area contributed by atoms with E-state index in [1.165, 1.54) is 0 Å². The molecule has 0 heterocycles. The predicted octanol–water partition coefficient (Wildman–Crippen LogP) is 4.44. The first-order chi connectivity index (χ1) is 12.4. The van der Waals surface area contributed by atoms with Gasteiger partial charge in [-0.15, -0.1) is 0 Å². The van der Waals surface area contributed by atoms with Crippen LogP contribution in [0.1, 0.15) is 64.9 Å². The molecule has 0 aliphatic heterocycles. The molecule has 5 nitrogen and oxygen atoms in total. The molecule has 0 saturated carbocycles. The Hall–Kier alpha value is -2.17. The van der Waals surface area contributed by atoms with Crippen molar-refractivity contribution in [3.05, 3.63) is 35.9 Å². The zero-order valence-electron chi connectivity index (χ0n) is 16.1. The summed E-state index contributed by atoms with van der Waals surface area (Å²) in [7, 11) is 0. The zero-order valence-corrected chi connectivity index (χ0v) is 16.1. The van der Waals surface area contributed by atoms with Gasteiger partial charge in [-0.2, -0.15) is 0 Å². The maximum absolute atomic E-state index is 12.4.